The number of guanidine groups is 2. The molecule has 8 amide bonds. The van der Waals surface area contributed by atoms with Gasteiger partial charge < -0.3 is 61.9 Å². The molecule has 0 aliphatic carbocycles. The highest BCUT2D eigenvalue weighted by molar-refractivity contribution is 7.99. The highest BCUT2D eigenvalue weighted by Crippen LogP contribution is 2.46. The van der Waals surface area contributed by atoms with Crippen molar-refractivity contribution in [2.24, 2.45) is 5.84 Å². The number of hydrazine groups is 1. The summed E-state index contributed by atoms with van der Waals surface area (Å²) in [7, 11) is -8.60. The minimum Gasteiger partial charge on any atom is -0.487 e. The number of hydrogen-bond donors (Lipinski definition) is 15. The molecule has 0 fully saturated rings. The van der Waals surface area contributed by atoms with E-state index in [9.17, 15) is 50.4 Å². The molecule has 3 heterocycles. The molecule has 0 saturated heterocycles. The van der Waals surface area contributed by atoms with Crippen LogP contribution in [-0.4, -0.2) is 158 Å². The number of sulfonamides is 2. The summed E-state index contributed by atoms with van der Waals surface area (Å²) in [6, 6.07) is 29.1. The fourth-order valence-electron chi connectivity index (χ4n) is 14.8. The van der Waals surface area contributed by atoms with Crippen molar-refractivity contribution < 1.29 is 64.7 Å². The van der Waals surface area contributed by atoms with Crippen molar-refractivity contribution >= 4 is 91.0 Å². The molecule has 0 bridgehead atoms. The lowest BCUT2D eigenvalue weighted by molar-refractivity contribution is -0.135. The summed E-state index contributed by atoms with van der Waals surface area (Å²) in [6.07, 6.45) is 3.76. The van der Waals surface area contributed by atoms with Gasteiger partial charge in [-0.05, 0) is 157 Å². The lowest BCUT2D eigenvalue weighted by Crippen LogP contribution is -2.60. The first kappa shape index (κ1) is 89.6. The normalized spacial score (nSPS) is 14.8. The van der Waals surface area contributed by atoms with E-state index >= 15 is 4.79 Å². The van der Waals surface area contributed by atoms with Crippen LogP contribution in [0.3, 0.4) is 0 Å². The topological polar surface area (TPSA) is 459 Å². The molecule has 0 saturated carbocycles. The van der Waals surface area contributed by atoms with Crippen molar-refractivity contribution in [3.05, 3.63) is 206 Å². The first-order valence-electron chi connectivity index (χ1n) is 38.5. The van der Waals surface area contributed by atoms with E-state index in [1.165, 1.54) is 20.8 Å². The average molecular weight is 1660 g/mol. The molecular formula is C83H107N17O14S3. The highest BCUT2D eigenvalue weighted by atomic mass is 32.2. The van der Waals surface area contributed by atoms with Crippen LogP contribution in [0.5, 0.6) is 11.5 Å². The van der Waals surface area contributed by atoms with Crippen LogP contribution >= 0.6 is 11.8 Å². The van der Waals surface area contributed by atoms with Crippen LogP contribution in [0.15, 0.2) is 144 Å². The van der Waals surface area contributed by atoms with E-state index in [2.05, 4.69) is 62.7 Å². The molecule has 0 unspecified atom stereocenters. The van der Waals surface area contributed by atoms with Gasteiger partial charge in [-0.2, -0.15) is 0 Å². The van der Waals surface area contributed by atoms with Crippen LogP contribution in [0.2, 0.25) is 0 Å². The maximum atomic E-state index is 15.5. The number of aromatic nitrogens is 2. The Balaban J connectivity index is 0.941. The second kappa shape index (κ2) is 38.6. The molecule has 117 heavy (non-hydrogen) atoms. The number of nitrogens with zero attached hydrogens (tertiary/aromatic N) is 2. The Labute approximate surface area is 687 Å². The predicted molar refractivity (Wildman–Crippen MR) is 446 cm³/mol. The minimum atomic E-state index is -4.31. The molecule has 2 aliphatic rings. The van der Waals surface area contributed by atoms with Crippen molar-refractivity contribution in [3.8, 4) is 11.5 Å². The molecule has 6 atom stereocenters. The molecule has 626 valence electrons. The molecular weight excluding hydrogens is 1560 g/mol. The zero-order valence-electron chi connectivity index (χ0n) is 68.1. The van der Waals surface area contributed by atoms with Crippen molar-refractivity contribution in [3.63, 3.8) is 0 Å². The molecule has 6 aromatic carbocycles. The number of hydrogen-bond acceptors (Lipinski definition) is 19. The zero-order valence-corrected chi connectivity index (χ0v) is 70.5. The van der Waals surface area contributed by atoms with Gasteiger partial charge in [0, 0.05) is 75.7 Å². The number of carbonyl (C=O) groups is 8. The SMILES string of the molecule is CC(=O)NCSC[C@H](NC(=O)[C@H](CCCNC(=N)NS(=O)(=O)c1c(C)c(C)c2c(c1C)CC(C)(C)O2)NC(C)=O)C(=O)N[C@H](C)C(=O)N[C@@H](Cc1cn(C(c2ccccc2)(c2ccccc2)c2ccccc2)cn1)C(=O)N[C@H](Cc1ccccc1)C(=O)N[C@@H](CCCNC(=N)NS(=O)(=O)c1c(C)c(C)c2c(c1C)CC(C)(C)O2)C(=O)NN. The van der Waals surface area contributed by atoms with Crippen LogP contribution < -0.4 is 78.0 Å². The fraction of sp³-hybridized carbons (Fsp3) is 0.410. The molecule has 16 N–H and O–H groups in total. The number of benzene rings is 6. The largest absolute Gasteiger partial charge is 0.487 e. The first-order chi connectivity index (χ1) is 55.3. The Bertz CT molecular complexity index is 4990. The molecule has 34 heteroatoms. The van der Waals surface area contributed by atoms with Crippen LogP contribution in [-0.2, 0) is 89.6 Å². The first-order valence-corrected chi connectivity index (χ1v) is 42.6. The third kappa shape index (κ3) is 22.2. The van der Waals surface area contributed by atoms with Gasteiger partial charge in [0.1, 0.15) is 64.5 Å². The number of nitrogens with one attached hydrogen (secondary N) is 14. The van der Waals surface area contributed by atoms with Crippen LogP contribution in [0, 0.1) is 52.4 Å². The van der Waals surface area contributed by atoms with Crippen molar-refractivity contribution in [2.45, 2.75) is 204 Å². The number of thioether (sulfide) groups is 1. The van der Waals surface area contributed by atoms with E-state index in [4.69, 9.17) is 31.1 Å². The Morgan fingerprint density at radius 1 is 0.513 bits per heavy atom. The summed E-state index contributed by atoms with van der Waals surface area (Å²) >= 11 is 1.05. The van der Waals surface area contributed by atoms with E-state index in [0.29, 0.717) is 63.3 Å². The van der Waals surface area contributed by atoms with Gasteiger partial charge in [0.15, 0.2) is 0 Å². The number of carbonyl (C=O) groups excluding carboxylic acids is 8. The Morgan fingerprint density at radius 2 is 0.915 bits per heavy atom. The van der Waals surface area contributed by atoms with Gasteiger partial charge >= 0.3 is 0 Å². The second-order valence-corrected chi connectivity index (χ2v) is 34.9. The summed E-state index contributed by atoms with van der Waals surface area (Å²) in [5, 5.41) is 41.6. The number of nitrogens with two attached hydrogens (primary N) is 1. The van der Waals surface area contributed by atoms with Crippen molar-refractivity contribution in [2.75, 3.05) is 24.7 Å². The van der Waals surface area contributed by atoms with E-state index in [-0.39, 0.29) is 84.6 Å². The van der Waals surface area contributed by atoms with Gasteiger partial charge in [-0.15, -0.1) is 11.8 Å². The van der Waals surface area contributed by atoms with Gasteiger partial charge in [0.2, 0.25) is 53.3 Å². The highest BCUT2D eigenvalue weighted by Gasteiger charge is 2.42. The summed E-state index contributed by atoms with van der Waals surface area (Å²) in [5.74, 6) is -0.564. The van der Waals surface area contributed by atoms with Gasteiger partial charge in [-0.3, -0.25) is 54.6 Å². The van der Waals surface area contributed by atoms with E-state index in [1.54, 1.807) is 84.4 Å². The number of ether oxygens (including phenoxy) is 2. The quantitative estimate of drug-likeness (QED) is 0.00354. The van der Waals surface area contributed by atoms with E-state index in [0.717, 1.165) is 39.6 Å². The van der Waals surface area contributed by atoms with Crippen LogP contribution in [0.25, 0.3) is 0 Å². The molecule has 9 rings (SSSR count). The smallest absolute Gasteiger partial charge is 0.264 e. The van der Waals surface area contributed by atoms with Crippen LogP contribution in [0.1, 0.15) is 147 Å². The van der Waals surface area contributed by atoms with Crippen molar-refractivity contribution in [1.82, 2.24) is 72.3 Å². The van der Waals surface area contributed by atoms with Gasteiger partial charge in [-0.25, -0.2) is 37.1 Å². The second-order valence-electron chi connectivity index (χ2n) is 30.7. The van der Waals surface area contributed by atoms with Crippen molar-refractivity contribution in [1.29, 1.82) is 10.8 Å². The average Bonchev–Trinajstić information content (AvgIpc) is 1.70. The monoisotopic (exact) mass is 1660 g/mol. The van der Waals surface area contributed by atoms with Gasteiger partial charge in [0.05, 0.1) is 27.7 Å². The van der Waals surface area contributed by atoms with Gasteiger partial charge in [-0.1, -0.05) is 121 Å². The number of amides is 8. The third-order valence-electron chi connectivity index (χ3n) is 20.7. The standard InChI is InChI=1S/C83H107N17O14S3/c1-48-50(3)71(52(5)62-42-81(10,11)113-69(48)62)116(109,110)98-79(84)87-38-26-36-64(92-56(9)102)74(104)96-68(45-115-47-90-55(8)101)77(107)91-54(7)73(103)94-67(41-61-44-100(46-89-61)83(58-30-20-15-21-31-58,59-32-22-16-23-33-59)60-34-24-17-25-35-60)76(106)95-66(40-57-28-18-14-19-29-57)75(105)93-65(78(108)97-86)37-27-39-88-80(85)99-117(111,112)72-51(4)49(2)70-63(53(72)6)43-82(12,13)114-70/h14-25,28-35,44,46,54,64-68H,26-27,36-43,45,47,86H2,1-13H3,(H,90,101)(H,91,107)(H,92,102)(H,93,105)(H,94,103)(H,95,106)(H,96,104)(H,97,108)(H3,84,87,98)(H3,85,88,99)/t54-,64+,65+,66-,67+,68+/m1/s1. The number of rotatable bonds is 36. The molecule has 7 aromatic rings. The molecule has 2 aliphatic heterocycles. The fourth-order valence-corrected chi connectivity index (χ4v) is 18.7. The molecule has 1 aromatic heterocycles. The number of imidazole rings is 1. The summed E-state index contributed by atoms with van der Waals surface area (Å²) < 4.78 is 74.7. The lowest BCUT2D eigenvalue weighted by atomic mass is 9.77. The maximum Gasteiger partial charge on any atom is 0.264 e. The Hall–Kier alpha value is -11.4. The zero-order chi connectivity index (χ0) is 85.5. The van der Waals surface area contributed by atoms with E-state index in [1.807, 2.05) is 123 Å². The Kier molecular flexibility index (Phi) is 29.6. The predicted octanol–water partition coefficient (Wildman–Crippen LogP) is 5.12. The molecule has 31 nitrogen and oxygen atoms in total. The lowest BCUT2D eigenvalue weighted by Gasteiger charge is -2.37. The minimum absolute atomic E-state index is 0.0103. The number of fused-ring (bicyclic) bond motifs is 2. The summed E-state index contributed by atoms with van der Waals surface area (Å²) in [6.45, 7) is 21.7. The molecule has 0 radical (unpaired) electrons. The molecule has 0 spiro atoms. The Morgan fingerprint density at radius 3 is 1.36 bits per heavy atom. The van der Waals surface area contributed by atoms with E-state index < -0.39 is 126 Å². The summed E-state index contributed by atoms with van der Waals surface area (Å²) in [4.78, 5) is 118. The third-order valence-corrected chi connectivity index (χ3v) is 24.8. The maximum absolute atomic E-state index is 15.5. The van der Waals surface area contributed by atoms with Gasteiger partial charge in [0.25, 0.3) is 26.0 Å². The summed E-state index contributed by atoms with van der Waals surface area (Å²) in [5.41, 5.74) is 8.08. The van der Waals surface area contributed by atoms with Crippen LogP contribution in [0.4, 0.5) is 0 Å².